The van der Waals surface area contributed by atoms with Gasteiger partial charge in [-0.2, -0.15) is 0 Å². The highest BCUT2D eigenvalue weighted by Crippen LogP contribution is 2.52. The second-order valence-corrected chi connectivity index (χ2v) is 6.14. The summed E-state index contributed by atoms with van der Waals surface area (Å²) in [5, 5.41) is 2.48. The van der Waals surface area contributed by atoms with Crippen LogP contribution in [0.15, 0.2) is 42.5 Å². The van der Waals surface area contributed by atoms with E-state index in [0.717, 1.165) is 11.3 Å². The van der Waals surface area contributed by atoms with Gasteiger partial charge in [0.2, 0.25) is 11.8 Å². The number of fused-ring (bicyclic) bond motifs is 5. The van der Waals surface area contributed by atoms with Crippen molar-refractivity contribution >= 4 is 17.9 Å². The van der Waals surface area contributed by atoms with Gasteiger partial charge in [-0.25, -0.2) is 4.79 Å². The van der Waals surface area contributed by atoms with E-state index in [1.54, 1.807) is 24.3 Å². The number of ether oxygens (including phenoxy) is 1. The molecule has 4 rings (SSSR count). The molecule has 1 aliphatic heterocycles. The van der Waals surface area contributed by atoms with Gasteiger partial charge < -0.3 is 10.1 Å². The lowest BCUT2D eigenvalue weighted by molar-refractivity contribution is -0.140. The molecule has 2 aliphatic carbocycles. The Morgan fingerprint density at radius 1 is 1.09 bits per heavy atom. The Bertz CT molecular complexity index is 670. The maximum atomic E-state index is 12.4. The Labute approximate surface area is 133 Å². The monoisotopic (exact) mass is 312 g/mol. The van der Waals surface area contributed by atoms with Crippen LogP contribution in [0.2, 0.25) is 0 Å². The molecule has 4 atom stereocenters. The lowest BCUT2D eigenvalue weighted by Gasteiger charge is -2.17. The second kappa shape index (κ2) is 5.22. The van der Waals surface area contributed by atoms with Crippen LogP contribution in [0, 0.1) is 23.7 Å². The highest BCUT2D eigenvalue weighted by Gasteiger charge is 2.59. The van der Waals surface area contributed by atoms with Gasteiger partial charge >= 0.3 is 6.09 Å². The number of para-hydroxylation sites is 1. The minimum Gasteiger partial charge on any atom is -0.410 e. The third-order valence-corrected chi connectivity index (χ3v) is 4.90. The second-order valence-electron chi connectivity index (χ2n) is 6.14. The molecule has 2 bridgehead atoms. The van der Waals surface area contributed by atoms with Gasteiger partial charge in [0.05, 0.1) is 11.8 Å². The van der Waals surface area contributed by atoms with Crippen molar-refractivity contribution in [1.82, 2.24) is 10.2 Å². The Morgan fingerprint density at radius 3 is 2.30 bits per heavy atom. The van der Waals surface area contributed by atoms with E-state index in [1.165, 1.54) is 0 Å². The molecule has 4 unspecified atom stereocenters. The van der Waals surface area contributed by atoms with Crippen LogP contribution in [0.4, 0.5) is 4.79 Å². The summed E-state index contributed by atoms with van der Waals surface area (Å²) in [7, 11) is 0. The normalized spacial score (nSPS) is 30.7. The average Bonchev–Trinajstić information content (AvgIpc) is 3.22. The van der Waals surface area contributed by atoms with Gasteiger partial charge in [0.1, 0.15) is 12.4 Å². The Kier molecular flexibility index (Phi) is 3.18. The molecule has 1 saturated heterocycles. The van der Waals surface area contributed by atoms with E-state index in [1.807, 2.05) is 18.2 Å². The van der Waals surface area contributed by atoms with Gasteiger partial charge in [-0.15, -0.1) is 0 Å². The SMILES string of the molecule is O=C(NCN1C(=O)C2C3C=CC(C3)C2C1=O)Oc1ccccc1. The van der Waals surface area contributed by atoms with Crippen molar-refractivity contribution in [2.45, 2.75) is 6.42 Å². The number of likely N-dealkylation sites (tertiary alicyclic amines) is 1. The molecule has 0 radical (unpaired) electrons. The molecule has 23 heavy (non-hydrogen) atoms. The average molecular weight is 312 g/mol. The number of hydrogen-bond donors (Lipinski definition) is 1. The fourth-order valence-corrected chi connectivity index (χ4v) is 3.90. The van der Waals surface area contributed by atoms with E-state index < -0.39 is 6.09 Å². The topological polar surface area (TPSA) is 75.7 Å². The first-order valence-electron chi connectivity index (χ1n) is 7.69. The zero-order valence-corrected chi connectivity index (χ0v) is 12.3. The third-order valence-electron chi connectivity index (χ3n) is 4.90. The van der Waals surface area contributed by atoms with Crippen LogP contribution in [0.3, 0.4) is 0 Å². The first kappa shape index (κ1) is 14.0. The van der Waals surface area contributed by atoms with Crippen molar-refractivity contribution in [3.63, 3.8) is 0 Å². The van der Waals surface area contributed by atoms with E-state index in [-0.39, 0.29) is 42.2 Å². The van der Waals surface area contributed by atoms with E-state index in [9.17, 15) is 14.4 Å². The van der Waals surface area contributed by atoms with Gasteiger partial charge in [0.25, 0.3) is 0 Å². The Hall–Kier alpha value is -2.63. The number of imide groups is 1. The number of hydrogen-bond acceptors (Lipinski definition) is 4. The first-order chi connectivity index (χ1) is 11.1. The lowest BCUT2D eigenvalue weighted by Crippen LogP contribution is -2.43. The molecule has 1 heterocycles. The number of benzene rings is 1. The van der Waals surface area contributed by atoms with E-state index in [4.69, 9.17) is 4.74 Å². The molecular formula is C17H16N2O4. The van der Waals surface area contributed by atoms with E-state index >= 15 is 0 Å². The lowest BCUT2D eigenvalue weighted by atomic mass is 9.85. The highest BCUT2D eigenvalue weighted by atomic mass is 16.6. The van der Waals surface area contributed by atoms with Gasteiger partial charge in [-0.05, 0) is 30.4 Å². The molecule has 0 spiro atoms. The molecule has 3 amide bonds. The van der Waals surface area contributed by atoms with Gasteiger partial charge in [0, 0.05) is 0 Å². The van der Waals surface area contributed by atoms with Crippen molar-refractivity contribution in [1.29, 1.82) is 0 Å². The number of nitrogens with one attached hydrogen (secondary N) is 1. The first-order valence-corrected chi connectivity index (χ1v) is 7.69. The molecular weight excluding hydrogens is 296 g/mol. The maximum Gasteiger partial charge on any atom is 0.414 e. The molecule has 6 heteroatoms. The van der Waals surface area contributed by atoms with Crippen molar-refractivity contribution in [2.24, 2.45) is 23.7 Å². The summed E-state index contributed by atoms with van der Waals surface area (Å²) >= 11 is 0. The molecule has 1 saturated carbocycles. The minimum atomic E-state index is -0.685. The predicted octanol–water partition coefficient (Wildman–Crippen LogP) is 1.54. The number of carbonyl (C=O) groups is 3. The van der Waals surface area contributed by atoms with Crippen LogP contribution in [0.5, 0.6) is 5.75 Å². The minimum absolute atomic E-state index is 0.143. The smallest absolute Gasteiger partial charge is 0.410 e. The summed E-state index contributed by atoms with van der Waals surface area (Å²) in [5.74, 6) is -0.115. The third kappa shape index (κ3) is 2.21. The molecule has 2 fully saturated rings. The summed E-state index contributed by atoms with van der Waals surface area (Å²) in [6, 6.07) is 8.62. The fraction of sp³-hybridized carbons (Fsp3) is 0.353. The van der Waals surface area contributed by atoms with Crippen LogP contribution >= 0.6 is 0 Å². The predicted molar refractivity (Wildman–Crippen MR) is 80.0 cm³/mol. The van der Waals surface area contributed by atoms with Crippen LogP contribution in [-0.4, -0.2) is 29.5 Å². The van der Waals surface area contributed by atoms with Crippen LogP contribution in [0.1, 0.15) is 6.42 Å². The van der Waals surface area contributed by atoms with Crippen LogP contribution in [-0.2, 0) is 9.59 Å². The molecule has 118 valence electrons. The summed E-state index contributed by atoms with van der Waals surface area (Å²) in [6.07, 6.45) is 4.29. The van der Waals surface area contributed by atoms with Crippen molar-refractivity contribution in [3.05, 3.63) is 42.5 Å². The van der Waals surface area contributed by atoms with Crippen molar-refractivity contribution in [2.75, 3.05) is 6.67 Å². The highest BCUT2D eigenvalue weighted by molar-refractivity contribution is 6.06. The Balaban J connectivity index is 1.38. The molecule has 3 aliphatic rings. The standard InChI is InChI=1S/C17H16N2O4/c20-15-13-10-6-7-11(8-10)14(13)16(21)19(15)9-18-17(22)23-12-4-2-1-3-5-12/h1-7,10-11,13-14H,8-9H2,(H,18,22). The molecule has 0 aromatic heterocycles. The van der Waals surface area contributed by atoms with E-state index in [2.05, 4.69) is 5.32 Å². The maximum absolute atomic E-state index is 12.4. The molecule has 6 nitrogen and oxygen atoms in total. The summed E-state index contributed by atoms with van der Waals surface area (Å²) in [5.41, 5.74) is 0. The number of rotatable bonds is 3. The Morgan fingerprint density at radius 2 is 1.70 bits per heavy atom. The summed E-state index contributed by atoms with van der Waals surface area (Å²) in [4.78, 5) is 37.8. The van der Waals surface area contributed by atoms with Gasteiger partial charge in [-0.3, -0.25) is 14.5 Å². The largest absolute Gasteiger partial charge is 0.414 e. The van der Waals surface area contributed by atoms with Crippen LogP contribution < -0.4 is 10.1 Å². The summed E-state index contributed by atoms with van der Waals surface area (Å²) < 4.78 is 5.08. The number of carbonyl (C=O) groups excluding carboxylic acids is 3. The van der Waals surface area contributed by atoms with Crippen molar-refractivity contribution in [3.8, 4) is 5.75 Å². The molecule has 1 N–H and O–H groups in total. The zero-order chi connectivity index (χ0) is 16.0. The van der Waals surface area contributed by atoms with Crippen molar-refractivity contribution < 1.29 is 19.1 Å². The summed E-state index contributed by atoms with van der Waals surface area (Å²) in [6.45, 7) is -0.143. The van der Waals surface area contributed by atoms with Gasteiger partial charge in [-0.1, -0.05) is 30.4 Å². The number of amides is 3. The van der Waals surface area contributed by atoms with Crippen LogP contribution in [0.25, 0.3) is 0 Å². The zero-order valence-electron chi connectivity index (χ0n) is 12.3. The van der Waals surface area contributed by atoms with Gasteiger partial charge in [0.15, 0.2) is 0 Å². The molecule has 1 aromatic rings. The quantitative estimate of drug-likeness (QED) is 0.678. The molecule has 1 aromatic carbocycles. The van der Waals surface area contributed by atoms with E-state index in [0.29, 0.717) is 5.75 Å². The number of allylic oxidation sites excluding steroid dienone is 2. The number of nitrogens with zero attached hydrogens (tertiary/aromatic N) is 1. The fourth-order valence-electron chi connectivity index (χ4n) is 3.90.